The zero-order valence-electron chi connectivity index (χ0n) is 26.4. The smallest absolute Gasteiger partial charge is 0.230 e. The van der Waals surface area contributed by atoms with E-state index in [9.17, 15) is 0 Å². The maximum absolute atomic E-state index is 7.52. The third-order valence-corrected chi connectivity index (χ3v) is 10.1. The van der Waals surface area contributed by atoms with Gasteiger partial charge in [-0.1, -0.05) is 11.6 Å². The predicted molar refractivity (Wildman–Crippen MR) is 164 cm³/mol. The summed E-state index contributed by atoms with van der Waals surface area (Å²) in [5, 5.41) is 0.668. The molecule has 38 heavy (non-hydrogen) atoms. The second-order valence-corrected chi connectivity index (χ2v) is 16.6. The molecule has 7 heteroatoms. The van der Waals surface area contributed by atoms with E-state index < -0.39 is 0 Å². The minimum Gasteiger partial charge on any atom is -0.345 e. The van der Waals surface area contributed by atoms with Crippen molar-refractivity contribution in [2.45, 2.75) is 174 Å². The Morgan fingerprint density at radius 3 is 1.26 bits per heavy atom. The van der Waals surface area contributed by atoms with Gasteiger partial charge in [-0.15, -0.1) is 0 Å². The summed E-state index contributed by atoms with van der Waals surface area (Å²) in [5.41, 5.74) is 5.92. The van der Waals surface area contributed by atoms with Gasteiger partial charge in [0.1, 0.15) is 5.02 Å². The number of nitrogens with two attached hydrogens (primary N) is 1. The fourth-order valence-corrected chi connectivity index (χ4v) is 9.10. The average molecular weight is 547 g/mol. The van der Waals surface area contributed by atoms with Gasteiger partial charge in [0.25, 0.3) is 0 Å². The van der Waals surface area contributed by atoms with Crippen LogP contribution < -0.4 is 20.4 Å². The van der Waals surface area contributed by atoms with Gasteiger partial charge < -0.3 is 20.4 Å². The van der Waals surface area contributed by atoms with Gasteiger partial charge in [0.05, 0.1) is 0 Å². The molecule has 0 amide bonds. The van der Waals surface area contributed by atoms with Crippen LogP contribution in [0.5, 0.6) is 0 Å². The van der Waals surface area contributed by atoms with Crippen LogP contribution >= 0.6 is 11.6 Å². The van der Waals surface area contributed by atoms with Crippen LogP contribution in [0.1, 0.15) is 134 Å². The van der Waals surface area contributed by atoms with Gasteiger partial charge in [-0.05, 0) is 134 Å². The lowest BCUT2D eigenvalue weighted by molar-refractivity contribution is 0.216. The first-order chi connectivity index (χ1) is 17.1. The highest BCUT2D eigenvalue weighted by Crippen LogP contribution is 2.51. The molecule has 4 rings (SSSR count). The van der Waals surface area contributed by atoms with Gasteiger partial charge in [-0.25, -0.2) is 0 Å². The number of hydrogen-bond acceptors (Lipinski definition) is 6. The Balaban J connectivity index is 2.04. The molecule has 1 aromatic rings. The third-order valence-electron chi connectivity index (χ3n) is 9.74. The lowest BCUT2D eigenvalue weighted by Gasteiger charge is -2.57. The number of anilines is 3. The molecular formula is C31H55ClN6. The van der Waals surface area contributed by atoms with E-state index in [0.29, 0.717) is 5.02 Å². The monoisotopic (exact) mass is 546 g/mol. The Labute approximate surface area is 238 Å². The van der Waals surface area contributed by atoms with E-state index >= 15 is 0 Å². The first-order valence-corrected chi connectivity index (χ1v) is 15.2. The van der Waals surface area contributed by atoms with Crippen molar-refractivity contribution in [3.8, 4) is 0 Å². The van der Waals surface area contributed by atoms with Gasteiger partial charge in [0.2, 0.25) is 5.95 Å². The number of aromatic nitrogens is 2. The first kappa shape index (κ1) is 29.7. The van der Waals surface area contributed by atoms with E-state index in [1.165, 1.54) is 12.8 Å². The van der Waals surface area contributed by atoms with E-state index in [0.717, 1.165) is 56.1 Å². The molecule has 0 saturated carbocycles. The molecule has 0 aromatic carbocycles. The molecule has 1 aromatic heterocycles. The summed E-state index contributed by atoms with van der Waals surface area (Å²) in [7, 11) is 0. The quantitative estimate of drug-likeness (QED) is 0.419. The summed E-state index contributed by atoms with van der Waals surface area (Å²) in [6, 6.07) is 0.149. The highest BCUT2D eigenvalue weighted by atomic mass is 35.5. The maximum Gasteiger partial charge on any atom is 0.230 e. The summed E-state index contributed by atoms with van der Waals surface area (Å²) in [4.78, 5) is 18.3. The second-order valence-electron chi connectivity index (χ2n) is 16.2. The number of halogens is 1. The molecule has 0 bridgehead atoms. The molecule has 0 radical (unpaired) electrons. The summed E-state index contributed by atoms with van der Waals surface area (Å²) in [5.74, 6) is 2.52. The van der Waals surface area contributed by atoms with Crippen LogP contribution in [0, 0.1) is 0 Å². The highest BCUT2D eigenvalue weighted by molar-refractivity contribution is 6.35. The molecule has 3 aliphatic heterocycles. The number of rotatable bonds is 3. The summed E-state index contributed by atoms with van der Waals surface area (Å²) in [6.07, 6.45) is 8.64. The lowest BCUT2D eigenvalue weighted by atomic mass is 9.77. The third kappa shape index (κ3) is 5.02. The van der Waals surface area contributed by atoms with Gasteiger partial charge in [-0.3, -0.25) is 0 Å². The summed E-state index contributed by atoms with van der Waals surface area (Å²) >= 11 is 7.52. The van der Waals surface area contributed by atoms with Gasteiger partial charge >= 0.3 is 0 Å². The van der Waals surface area contributed by atoms with Crippen LogP contribution in [-0.2, 0) is 0 Å². The van der Waals surface area contributed by atoms with Crippen LogP contribution in [0.25, 0.3) is 0 Å². The Kier molecular flexibility index (Phi) is 7.13. The topological polar surface area (TPSA) is 61.5 Å². The van der Waals surface area contributed by atoms with E-state index in [-0.39, 0.29) is 39.3 Å². The van der Waals surface area contributed by atoms with Gasteiger partial charge in [-0.2, -0.15) is 9.97 Å². The normalized spacial score (nSPS) is 27.9. The Hall–Kier alpha value is -1.27. The zero-order valence-corrected chi connectivity index (χ0v) is 27.2. The summed E-state index contributed by atoms with van der Waals surface area (Å²) in [6.45, 7) is 27.9. The second kappa shape index (κ2) is 9.12. The molecule has 4 heterocycles. The molecule has 2 N–H and O–H groups in total. The van der Waals surface area contributed by atoms with Crippen LogP contribution in [0.3, 0.4) is 0 Å². The SMILES string of the molecule is CC1(C)CCCC(C)(C)N1c1nc(N2C(C)(C)CCCC2(C)C)c(Cl)c(N2C(C)(C)CC(N)CC2(C)C)n1. The Bertz CT molecular complexity index is 1010. The fraction of sp³-hybridized carbons (Fsp3) is 0.871. The molecule has 0 aliphatic carbocycles. The molecule has 6 nitrogen and oxygen atoms in total. The Morgan fingerprint density at radius 1 is 0.579 bits per heavy atom. The lowest BCUT2D eigenvalue weighted by Crippen LogP contribution is -2.64. The summed E-state index contributed by atoms with van der Waals surface area (Å²) < 4.78 is 0. The van der Waals surface area contributed by atoms with E-state index in [1.807, 2.05) is 0 Å². The molecule has 0 unspecified atom stereocenters. The van der Waals surface area contributed by atoms with Crippen molar-refractivity contribution < 1.29 is 0 Å². The van der Waals surface area contributed by atoms with Gasteiger partial charge in [0, 0.05) is 39.3 Å². The number of piperidine rings is 3. The van der Waals surface area contributed by atoms with Crippen molar-refractivity contribution in [3.63, 3.8) is 0 Å². The van der Waals surface area contributed by atoms with Crippen LogP contribution in [0.4, 0.5) is 17.6 Å². The standard InChI is InChI=1S/C31H55ClN6/c1-26(2)15-13-16-27(3,4)36(26)23-22(32)24(37-30(9,10)19-21(33)20-31(37,11)12)35-25(34-23)38-28(5,6)17-14-18-29(38,7)8/h21H,13-20,33H2,1-12H3. The number of hydrogen-bond donors (Lipinski definition) is 1. The minimum atomic E-state index is -0.201. The maximum atomic E-state index is 7.52. The molecule has 216 valence electrons. The average Bonchev–Trinajstić information content (AvgIpc) is 2.66. The van der Waals surface area contributed by atoms with Crippen molar-refractivity contribution in [1.82, 2.24) is 9.97 Å². The van der Waals surface area contributed by atoms with Crippen molar-refractivity contribution >= 4 is 29.2 Å². The van der Waals surface area contributed by atoms with Gasteiger partial charge in [0.15, 0.2) is 11.6 Å². The van der Waals surface area contributed by atoms with E-state index in [1.54, 1.807) is 0 Å². The zero-order chi connectivity index (χ0) is 28.7. The predicted octanol–water partition coefficient (Wildman–Crippen LogP) is 7.71. The molecule has 0 atom stereocenters. The number of nitrogens with zero attached hydrogens (tertiary/aromatic N) is 5. The largest absolute Gasteiger partial charge is 0.345 e. The first-order valence-electron chi connectivity index (χ1n) is 14.9. The van der Waals surface area contributed by atoms with Crippen LogP contribution in [0.15, 0.2) is 0 Å². The van der Waals surface area contributed by atoms with Crippen molar-refractivity contribution in [3.05, 3.63) is 5.02 Å². The highest BCUT2D eigenvalue weighted by Gasteiger charge is 2.50. The van der Waals surface area contributed by atoms with Crippen molar-refractivity contribution in [2.24, 2.45) is 5.73 Å². The van der Waals surface area contributed by atoms with Crippen molar-refractivity contribution in [2.75, 3.05) is 14.7 Å². The molecule has 0 spiro atoms. The van der Waals surface area contributed by atoms with Crippen LogP contribution in [-0.4, -0.2) is 49.2 Å². The molecule has 3 saturated heterocycles. The molecule has 3 aliphatic rings. The Morgan fingerprint density at radius 2 is 0.895 bits per heavy atom. The van der Waals surface area contributed by atoms with Crippen molar-refractivity contribution in [1.29, 1.82) is 0 Å². The molecular weight excluding hydrogens is 492 g/mol. The molecule has 3 fully saturated rings. The van der Waals surface area contributed by atoms with Crippen LogP contribution in [0.2, 0.25) is 5.02 Å². The van der Waals surface area contributed by atoms with E-state index in [2.05, 4.69) is 97.8 Å². The van der Waals surface area contributed by atoms with E-state index in [4.69, 9.17) is 27.3 Å². The fourth-order valence-electron chi connectivity index (χ4n) is 8.85. The minimum absolute atomic E-state index is 0.0632.